The molecule has 6 heteroatoms. The van der Waals surface area contributed by atoms with Crippen LogP contribution in [0.1, 0.15) is 29.5 Å². The highest BCUT2D eigenvalue weighted by Crippen LogP contribution is 2.15. The summed E-state index contributed by atoms with van der Waals surface area (Å²) in [5.41, 5.74) is 1.54. The number of hydrogen-bond acceptors (Lipinski definition) is 3. The number of imidazole rings is 2. The van der Waals surface area contributed by atoms with Crippen molar-refractivity contribution in [1.29, 1.82) is 0 Å². The molecule has 0 bridgehead atoms. The molecule has 1 amide bonds. The maximum Gasteiger partial charge on any atom is 0.251 e. The summed E-state index contributed by atoms with van der Waals surface area (Å²) in [7, 11) is 0. The molecule has 0 unspecified atom stereocenters. The van der Waals surface area contributed by atoms with Crippen molar-refractivity contribution < 1.29 is 4.79 Å². The van der Waals surface area contributed by atoms with Gasteiger partial charge in [-0.1, -0.05) is 19.1 Å². The van der Waals surface area contributed by atoms with Crippen LogP contribution in [0, 0.1) is 0 Å². The SMILES string of the molecule is CCc1nccn1CCCNC(=O)c1cccc(-c2ncc[nH]2)c1. The van der Waals surface area contributed by atoms with Gasteiger partial charge >= 0.3 is 0 Å². The molecule has 3 rings (SSSR count). The van der Waals surface area contributed by atoms with Crippen molar-refractivity contribution in [2.45, 2.75) is 26.3 Å². The minimum atomic E-state index is -0.0650. The third-order valence-electron chi connectivity index (χ3n) is 3.88. The van der Waals surface area contributed by atoms with Crippen LogP contribution in [0.2, 0.25) is 0 Å². The Labute approximate surface area is 141 Å². The van der Waals surface area contributed by atoms with Crippen LogP contribution in [0.15, 0.2) is 49.1 Å². The first-order valence-electron chi connectivity index (χ1n) is 8.16. The van der Waals surface area contributed by atoms with Gasteiger partial charge in [0.15, 0.2) is 0 Å². The summed E-state index contributed by atoms with van der Waals surface area (Å²) in [6, 6.07) is 7.46. The number of H-pyrrole nitrogens is 1. The second-order valence-electron chi connectivity index (χ2n) is 5.52. The van der Waals surface area contributed by atoms with Gasteiger partial charge in [0.2, 0.25) is 0 Å². The first-order chi connectivity index (χ1) is 11.8. The second-order valence-corrected chi connectivity index (χ2v) is 5.52. The molecular weight excluding hydrogens is 302 g/mol. The van der Waals surface area contributed by atoms with E-state index in [4.69, 9.17) is 0 Å². The van der Waals surface area contributed by atoms with Crippen LogP contribution in [0.3, 0.4) is 0 Å². The van der Waals surface area contributed by atoms with Crippen molar-refractivity contribution in [3.8, 4) is 11.4 Å². The molecule has 0 atom stereocenters. The van der Waals surface area contributed by atoms with E-state index in [1.165, 1.54) is 0 Å². The Balaban J connectivity index is 1.53. The van der Waals surface area contributed by atoms with Crippen LogP contribution in [0.25, 0.3) is 11.4 Å². The van der Waals surface area contributed by atoms with Gasteiger partial charge in [0.05, 0.1) is 0 Å². The summed E-state index contributed by atoms with van der Waals surface area (Å²) in [4.78, 5) is 23.8. The third-order valence-corrected chi connectivity index (χ3v) is 3.88. The van der Waals surface area contributed by atoms with Gasteiger partial charge in [-0.05, 0) is 18.6 Å². The summed E-state index contributed by atoms with van der Waals surface area (Å²) in [5.74, 6) is 1.77. The molecule has 0 saturated carbocycles. The molecule has 0 spiro atoms. The minimum Gasteiger partial charge on any atom is -0.352 e. The molecule has 0 aliphatic heterocycles. The number of benzene rings is 1. The van der Waals surface area contributed by atoms with Gasteiger partial charge in [0.25, 0.3) is 5.91 Å². The highest BCUT2D eigenvalue weighted by Gasteiger charge is 2.08. The van der Waals surface area contributed by atoms with Gasteiger partial charge in [-0.2, -0.15) is 0 Å². The number of aryl methyl sites for hydroxylation is 2. The number of nitrogens with one attached hydrogen (secondary N) is 2. The third kappa shape index (κ3) is 3.71. The fourth-order valence-corrected chi connectivity index (χ4v) is 2.64. The summed E-state index contributed by atoms with van der Waals surface area (Å²) < 4.78 is 2.13. The van der Waals surface area contributed by atoms with E-state index in [0.29, 0.717) is 12.1 Å². The number of aromatic amines is 1. The van der Waals surface area contributed by atoms with E-state index in [9.17, 15) is 4.79 Å². The number of amides is 1. The molecule has 0 fully saturated rings. The Morgan fingerprint density at radius 1 is 1.29 bits per heavy atom. The van der Waals surface area contributed by atoms with Crippen molar-refractivity contribution in [2.75, 3.05) is 6.54 Å². The van der Waals surface area contributed by atoms with E-state index in [-0.39, 0.29) is 5.91 Å². The van der Waals surface area contributed by atoms with E-state index >= 15 is 0 Å². The lowest BCUT2D eigenvalue weighted by Gasteiger charge is -2.08. The molecule has 2 N–H and O–H groups in total. The Bertz CT molecular complexity index is 791. The number of nitrogens with zero attached hydrogens (tertiary/aromatic N) is 3. The molecule has 0 aliphatic carbocycles. The highest BCUT2D eigenvalue weighted by molar-refractivity contribution is 5.95. The molecule has 1 aromatic carbocycles. The zero-order valence-electron chi connectivity index (χ0n) is 13.7. The summed E-state index contributed by atoms with van der Waals surface area (Å²) >= 11 is 0. The van der Waals surface area contributed by atoms with Crippen LogP contribution in [0.4, 0.5) is 0 Å². The van der Waals surface area contributed by atoms with Crippen molar-refractivity contribution in [3.63, 3.8) is 0 Å². The van der Waals surface area contributed by atoms with Crippen molar-refractivity contribution in [3.05, 3.63) is 60.4 Å². The molecule has 2 aromatic heterocycles. The smallest absolute Gasteiger partial charge is 0.251 e. The van der Waals surface area contributed by atoms with E-state index in [1.54, 1.807) is 12.4 Å². The van der Waals surface area contributed by atoms with E-state index in [1.807, 2.05) is 36.7 Å². The highest BCUT2D eigenvalue weighted by atomic mass is 16.1. The maximum atomic E-state index is 12.3. The molecule has 2 heterocycles. The quantitative estimate of drug-likeness (QED) is 0.656. The van der Waals surface area contributed by atoms with Gasteiger partial charge in [0, 0.05) is 55.4 Å². The first-order valence-corrected chi connectivity index (χ1v) is 8.16. The molecule has 6 nitrogen and oxygen atoms in total. The van der Waals surface area contributed by atoms with Gasteiger partial charge in [0.1, 0.15) is 11.6 Å². The monoisotopic (exact) mass is 323 g/mol. The minimum absolute atomic E-state index is 0.0650. The van der Waals surface area contributed by atoms with Crippen LogP contribution >= 0.6 is 0 Å². The van der Waals surface area contributed by atoms with Crippen LogP contribution in [-0.2, 0) is 13.0 Å². The number of rotatable bonds is 7. The van der Waals surface area contributed by atoms with Crippen molar-refractivity contribution in [2.24, 2.45) is 0 Å². The summed E-state index contributed by atoms with van der Waals surface area (Å²) in [6.45, 7) is 3.58. The van der Waals surface area contributed by atoms with Crippen LogP contribution < -0.4 is 5.32 Å². The molecule has 3 aromatic rings. The van der Waals surface area contributed by atoms with Gasteiger partial charge in [-0.3, -0.25) is 4.79 Å². The standard InChI is InChI=1S/C18H21N5O/c1-2-16-19-10-12-23(16)11-4-7-22-18(24)15-6-3-5-14(13-15)17-20-8-9-21-17/h3,5-6,8-10,12-13H,2,4,7,11H2,1H3,(H,20,21)(H,22,24). The van der Waals surface area contributed by atoms with Crippen LogP contribution in [0.5, 0.6) is 0 Å². The Hall–Kier alpha value is -2.89. The van der Waals surface area contributed by atoms with E-state index < -0.39 is 0 Å². The predicted octanol–water partition coefficient (Wildman–Crippen LogP) is 2.66. The number of carbonyl (C=O) groups is 1. The molecular formula is C18H21N5O. The van der Waals surface area contributed by atoms with E-state index in [0.717, 1.165) is 36.6 Å². The maximum absolute atomic E-state index is 12.3. The van der Waals surface area contributed by atoms with Gasteiger partial charge in [-0.25, -0.2) is 9.97 Å². The lowest BCUT2D eigenvalue weighted by Crippen LogP contribution is -2.25. The lowest BCUT2D eigenvalue weighted by molar-refractivity contribution is 0.0953. The molecule has 0 aliphatic rings. The van der Waals surface area contributed by atoms with Gasteiger partial charge < -0.3 is 14.9 Å². The fraction of sp³-hybridized carbons (Fsp3) is 0.278. The normalized spacial score (nSPS) is 10.7. The number of hydrogen-bond donors (Lipinski definition) is 2. The molecule has 24 heavy (non-hydrogen) atoms. The molecule has 0 saturated heterocycles. The first kappa shape index (κ1) is 16.0. The zero-order chi connectivity index (χ0) is 16.8. The van der Waals surface area contributed by atoms with Crippen LogP contribution in [-0.4, -0.2) is 32.0 Å². The summed E-state index contributed by atoms with van der Waals surface area (Å²) in [6.07, 6.45) is 9.04. The van der Waals surface area contributed by atoms with Crippen molar-refractivity contribution >= 4 is 5.91 Å². The molecule has 124 valence electrons. The zero-order valence-corrected chi connectivity index (χ0v) is 13.7. The Morgan fingerprint density at radius 2 is 2.21 bits per heavy atom. The van der Waals surface area contributed by atoms with Gasteiger partial charge in [-0.15, -0.1) is 0 Å². The lowest BCUT2D eigenvalue weighted by atomic mass is 10.1. The predicted molar refractivity (Wildman–Crippen MR) is 92.6 cm³/mol. The summed E-state index contributed by atoms with van der Waals surface area (Å²) in [5, 5.41) is 2.97. The number of carbonyl (C=O) groups excluding carboxylic acids is 1. The molecule has 0 radical (unpaired) electrons. The van der Waals surface area contributed by atoms with Crippen molar-refractivity contribution in [1.82, 2.24) is 24.8 Å². The fourth-order valence-electron chi connectivity index (χ4n) is 2.64. The Kier molecular flexibility index (Phi) is 5.05. The average Bonchev–Trinajstić information content (AvgIpc) is 3.30. The Morgan fingerprint density at radius 3 is 3.00 bits per heavy atom. The average molecular weight is 323 g/mol. The second kappa shape index (κ2) is 7.59. The number of aromatic nitrogens is 4. The van der Waals surface area contributed by atoms with E-state index in [2.05, 4.69) is 31.8 Å². The topological polar surface area (TPSA) is 75.6 Å². The largest absolute Gasteiger partial charge is 0.352 e.